The molecular weight excluding hydrogens is 535 g/mol. The van der Waals surface area contributed by atoms with Crippen molar-refractivity contribution in [1.29, 1.82) is 0 Å². The van der Waals surface area contributed by atoms with Crippen LogP contribution in [0.2, 0.25) is 5.02 Å². The van der Waals surface area contributed by atoms with E-state index in [4.69, 9.17) is 27.9 Å². The first-order valence-corrected chi connectivity index (χ1v) is 13.2. The average Bonchev–Trinajstić information content (AvgIpc) is 3.07. The van der Waals surface area contributed by atoms with Crippen molar-refractivity contribution >= 4 is 52.4 Å². The summed E-state index contributed by atoms with van der Waals surface area (Å²) < 4.78 is 5.81. The van der Waals surface area contributed by atoms with Crippen molar-refractivity contribution in [2.24, 2.45) is 0 Å². The number of carbonyl (C=O) groups excluding carboxylic acids is 3. The summed E-state index contributed by atoms with van der Waals surface area (Å²) in [6.45, 7) is 12.7. The fraction of sp³-hybridized carbons (Fsp3) is 0.258. The maximum Gasteiger partial charge on any atom is 0.343 e. The minimum Gasteiger partial charge on any atom is -0.423 e. The lowest BCUT2D eigenvalue weighted by atomic mass is 9.80. The van der Waals surface area contributed by atoms with Crippen LogP contribution in [-0.2, 0) is 20.4 Å². The molecule has 1 aliphatic rings. The Labute approximate surface area is 238 Å². The number of imide groups is 1. The highest BCUT2D eigenvalue weighted by atomic mass is 35.5. The molecule has 4 rings (SSSR count). The number of nitrogens with one attached hydrogen (secondary N) is 1. The number of esters is 1. The molecule has 0 aliphatic carbocycles. The first-order chi connectivity index (χ1) is 18.2. The van der Waals surface area contributed by atoms with Crippen LogP contribution in [0, 0.1) is 0 Å². The molecule has 202 valence electrons. The number of hydrogen-bond donors (Lipinski definition) is 1. The standard InChI is InChI=1S/C31H30Cl2N2O4/c1-30(2,3)19-9-16-24(23(17-19)31(4,5)6)39-29(38)18-7-12-21(13-8-18)34-26-25(33)27(36)35(28(26)37)22-14-10-20(32)11-15-22/h7-17,34H,1-6H3. The van der Waals surface area contributed by atoms with E-state index < -0.39 is 17.8 Å². The van der Waals surface area contributed by atoms with E-state index in [0.29, 0.717) is 27.7 Å². The van der Waals surface area contributed by atoms with Gasteiger partial charge in [-0.2, -0.15) is 0 Å². The lowest BCUT2D eigenvalue weighted by Gasteiger charge is -2.26. The van der Waals surface area contributed by atoms with Crippen molar-refractivity contribution in [2.75, 3.05) is 10.2 Å². The molecular formula is C31H30Cl2N2O4. The SMILES string of the molecule is CC(C)(C)c1ccc(OC(=O)c2ccc(NC3=C(Cl)C(=O)N(c4ccc(Cl)cc4)C3=O)cc2)c(C(C)(C)C)c1. The van der Waals surface area contributed by atoms with Gasteiger partial charge in [-0.25, -0.2) is 9.69 Å². The van der Waals surface area contributed by atoms with Crippen molar-refractivity contribution in [3.8, 4) is 5.75 Å². The first kappa shape index (κ1) is 28.4. The molecule has 0 fully saturated rings. The van der Waals surface area contributed by atoms with Gasteiger partial charge < -0.3 is 10.1 Å². The molecule has 0 saturated heterocycles. The van der Waals surface area contributed by atoms with Crippen LogP contribution >= 0.6 is 23.2 Å². The van der Waals surface area contributed by atoms with Crippen LogP contribution in [0.5, 0.6) is 5.75 Å². The number of carbonyl (C=O) groups is 3. The summed E-state index contributed by atoms with van der Waals surface area (Å²) in [4.78, 5) is 39.7. The number of nitrogens with zero attached hydrogens (tertiary/aromatic N) is 1. The van der Waals surface area contributed by atoms with E-state index in [1.54, 1.807) is 48.5 Å². The molecule has 0 radical (unpaired) electrons. The molecule has 39 heavy (non-hydrogen) atoms. The topological polar surface area (TPSA) is 75.7 Å². The van der Waals surface area contributed by atoms with Gasteiger partial charge in [0.2, 0.25) is 0 Å². The summed E-state index contributed by atoms with van der Waals surface area (Å²) in [6.07, 6.45) is 0. The molecule has 0 aromatic heterocycles. The van der Waals surface area contributed by atoms with Crippen LogP contribution in [0.25, 0.3) is 0 Å². The van der Waals surface area contributed by atoms with Crippen molar-refractivity contribution in [3.63, 3.8) is 0 Å². The zero-order chi connectivity index (χ0) is 28.7. The van der Waals surface area contributed by atoms with Gasteiger partial charge in [-0.15, -0.1) is 0 Å². The van der Waals surface area contributed by atoms with Gasteiger partial charge in [0.15, 0.2) is 0 Å². The molecule has 3 aromatic carbocycles. The van der Waals surface area contributed by atoms with Gasteiger partial charge in [-0.3, -0.25) is 9.59 Å². The highest BCUT2D eigenvalue weighted by molar-refractivity contribution is 6.53. The summed E-state index contributed by atoms with van der Waals surface area (Å²) in [6, 6.07) is 18.6. The Morgan fingerprint density at radius 3 is 1.97 bits per heavy atom. The molecule has 1 aliphatic heterocycles. The maximum atomic E-state index is 13.0. The lowest BCUT2D eigenvalue weighted by Crippen LogP contribution is -2.32. The van der Waals surface area contributed by atoms with E-state index in [1.807, 2.05) is 12.1 Å². The fourth-order valence-corrected chi connectivity index (χ4v) is 4.44. The van der Waals surface area contributed by atoms with Gasteiger partial charge in [0.25, 0.3) is 11.8 Å². The molecule has 1 N–H and O–H groups in total. The number of halogens is 2. The smallest absolute Gasteiger partial charge is 0.343 e. The van der Waals surface area contributed by atoms with Crippen LogP contribution < -0.4 is 15.0 Å². The summed E-state index contributed by atoms with van der Waals surface area (Å²) in [5, 5.41) is 3.15. The number of rotatable bonds is 5. The van der Waals surface area contributed by atoms with Gasteiger partial charge in [0.05, 0.1) is 11.3 Å². The lowest BCUT2D eigenvalue weighted by molar-refractivity contribution is -0.120. The van der Waals surface area contributed by atoms with Gasteiger partial charge in [-0.1, -0.05) is 76.9 Å². The molecule has 6 nitrogen and oxygen atoms in total. The first-order valence-electron chi connectivity index (χ1n) is 12.5. The normalized spacial score (nSPS) is 14.2. The zero-order valence-electron chi connectivity index (χ0n) is 22.7. The number of benzene rings is 3. The summed E-state index contributed by atoms with van der Waals surface area (Å²) >= 11 is 12.1. The fourth-order valence-electron chi connectivity index (χ4n) is 4.10. The van der Waals surface area contributed by atoms with Crippen LogP contribution in [-0.4, -0.2) is 17.8 Å². The number of hydrogen-bond acceptors (Lipinski definition) is 5. The Balaban J connectivity index is 1.51. The molecule has 1 heterocycles. The van der Waals surface area contributed by atoms with E-state index in [0.717, 1.165) is 16.0 Å². The van der Waals surface area contributed by atoms with E-state index in [1.165, 1.54) is 0 Å². The number of amides is 2. The summed E-state index contributed by atoms with van der Waals surface area (Å²) in [5.41, 5.74) is 2.93. The van der Waals surface area contributed by atoms with E-state index in [2.05, 4.69) is 52.9 Å². The summed E-state index contributed by atoms with van der Waals surface area (Å²) in [7, 11) is 0. The minimum absolute atomic E-state index is 0.0408. The minimum atomic E-state index is -0.640. The highest BCUT2D eigenvalue weighted by Crippen LogP contribution is 2.36. The van der Waals surface area contributed by atoms with Crippen LogP contribution in [0.4, 0.5) is 11.4 Å². The Hall–Kier alpha value is -3.61. The van der Waals surface area contributed by atoms with Crippen molar-refractivity contribution < 1.29 is 19.1 Å². The van der Waals surface area contributed by atoms with Crippen LogP contribution in [0.15, 0.2) is 77.5 Å². The molecule has 2 amide bonds. The molecule has 0 unspecified atom stereocenters. The predicted molar refractivity (Wildman–Crippen MR) is 156 cm³/mol. The monoisotopic (exact) mass is 564 g/mol. The van der Waals surface area contributed by atoms with Crippen molar-refractivity contribution in [2.45, 2.75) is 52.4 Å². The van der Waals surface area contributed by atoms with Crippen molar-refractivity contribution in [3.05, 3.63) is 99.2 Å². The second-order valence-corrected chi connectivity index (χ2v) is 12.2. The van der Waals surface area contributed by atoms with E-state index >= 15 is 0 Å². The predicted octanol–water partition coefficient (Wildman–Crippen LogP) is 7.59. The van der Waals surface area contributed by atoms with Gasteiger partial charge in [0, 0.05) is 16.3 Å². The van der Waals surface area contributed by atoms with Gasteiger partial charge >= 0.3 is 5.97 Å². The van der Waals surface area contributed by atoms with Gasteiger partial charge in [-0.05, 0) is 71.0 Å². The van der Waals surface area contributed by atoms with E-state index in [-0.39, 0.29) is 21.6 Å². The molecule has 0 bridgehead atoms. The van der Waals surface area contributed by atoms with Crippen molar-refractivity contribution in [1.82, 2.24) is 0 Å². The molecule has 3 aromatic rings. The Kier molecular flexibility index (Phi) is 7.66. The molecule has 8 heteroatoms. The second-order valence-electron chi connectivity index (χ2n) is 11.4. The zero-order valence-corrected chi connectivity index (χ0v) is 24.2. The maximum absolute atomic E-state index is 13.0. The summed E-state index contributed by atoms with van der Waals surface area (Å²) in [5.74, 6) is -1.23. The quantitative estimate of drug-likeness (QED) is 0.196. The molecule has 0 atom stereocenters. The molecule has 0 saturated carbocycles. The molecule has 0 spiro atoms. The Bertz CT molecular complexity index is 1480. The third-order valence-corrected chi connectivity index (χ3v) is 6.96. The third kappa shape index (κ3) is 6.02. The third-order valence-electron chi connectivity index (χ3n) is 6.36. The average molecular weight is 565 g/mol. The second kappa shape index (κ2) is 10.5. The Morgan fingerprint density at radius 1 is 0.795 bits per heavy atom. The number of ether oxygens (including phenoxy) is 1. The van der Waals surface area contributed by atoms with Crippen LogP contribution in [0.3, 0.4) is 0 Å². The van der Waals surface area contributed by atoms with E-state index in [9.17, 15) is 14.4 Å². The Morgan fingerprint density at radius 2 is 1.41 bits per heavy atom. The van der Waals surface area contributed by atoms with Gasteiger partial charge in [0.1, 0.15) is 16.5 Å². The highest BCUT2D eigenvalue weighted by Gasteiger charge is 2.39. The largest absolute Gasteiger partial charge is 0.423 e. The van der Waals surface area contributed by atoms with Crippen LogP contribution in [0.1, 0.15) is 63.0 Å². The number of anilines is 2.